The average Bonchev–Trinajstić information content (AvgIpc) is 2.46. The summed E-state index contributed by atoms with van der Waals surface area (Å²) in [5.41, 5.74) is 1.76. The molecule has 1 atom stereocenters. The number of Topliss-reactive ketones (excluding diaryl/α,β-unsaturated/α-hetero) is 1. The Morgan fingerprint density at radius 1 is 1.38 bits per heavy atom. The molecule has 0 aliphatic carbocycles. The van der Waals surface area contributed by atoms with E-state index in [0.29, 0.717) is 17.0 Å². The first-order chi connectivity index (χ1) is 10.1. The second kappa shape index (κ2) is 7.35. The number of nitrogens with zero attached hydrogens (tertiary/aromatic N) is 1. The van der Waals surface area contributed by atoms with Crippen LogP contribution < -0.4 is 4.72 Å². The fourth-order valence-electron chi connectivity index (χ4n) is 1.71. The maximum absolute atomic E-state index is 11.4. The van der Waals surface area contributed by atoms with Gasteiger partial charge in [0.05, 0.1) is 5.03 Å². The second-order valence-corrected chi connectivity index (χ2v) is 5.89. The summed E-state index contributed by atoms with van der Waals surface area (Å²) in [5.74, 6) is 0.450. The van der Waals surface area contributed by atoms with Gasteiger partial charge < -0.3 is 9.27 Å². The fourth-order valence-corrected chi connectivity index (χ4v) is 2.94. The highest BCUT2D eigenvalue weighted by Gasteiger charge is 2.08. The summed E-state index contributed by atoms with van der Waals surface area (Å²) in [5, 5.41) is 0.833. The lowest BCUT2D eigenvalue weighted by Gasteiger charge is -2.14. The van der Waals surface area contributed by atoms with Gasteiger partial charge >= 0.3 is 0 Å². The molecule has 5 nitrogen and oxygen atoms in total. The average molecular weight is 321 g/mol. The van der Waals surface area contributed by atoms with Crippen LogP contribution in [0.3, 0.4) is 0 Å². The first kappa shape index (κ1) is 15.7. The summed E-state index contributed by atoms with van der Waals surface area (Å²) in [6.07, 6.45) is 1.69. The highest BCUT2D eigenvalue weighted by atomic mass is 32.2. The molecule has 1 heterocycles. The molecule has 7 heteroatoms. The summed E-state index contributed by atoms with van der Waals surface area (Å²) in [4.78, 5) is 15.6. The second-order valence-electron chi connectivity index (χ2n) is 4.22. The van der Waals surface area contributed by atoms with Crippen LogP contribution in [0, 0.1) is 0 Å². The van der Waals surface area contributed by atoms with Crippen LogP contribution in [-0.2, 0) is 17.0 Å². The SMILES string of the molecule is CC(=O)c1ccc(NS(=O)[O-])c(CSc2ccccn2)c1. The maximum atomic E-state index is 11.4. The number of thioether (sulfide) groups is 1. The molecule has 2 aromatic rings. The van der Waals surface area contributed by atoms with Crippen LogP contribution in [0.2, 0.25) is 0 Å². The lowest BCUT2D eigenvalue weighted by Crippen LogP contribution is -2.06. The number of carbonyl (C=O) groups excluding carboxylic acids is 1. The van der Waals surface area contributed by atoms with Crippen LogP contribution in [0.4, 0.5) is 5.69 Å². The zero-order chi connectivity index (χ0) is 15.2. The molecule has 0 spiro atoms. The third-order valence-corrected chi connectivity index (χ3v) is 4.10. The van der Waals surface area contributed by atoms with Gasteiger partial charge in [0, 0.05) is 34.5 Å². The summed E-state index contributed by atoms with van der Waals surface area (Å²) in [6, 6.07) is 10.5. The van der Waals surface area contributed by atoms with Gasteiger partial charge in [-0.2, -0.15) is 0 Å². The topological polar surface area (TPSA) is 82.1 Å². The molecule has 0 radical (unpaired) electrons. The van der Waals surface area contributed by atoms with Crippen LogP contribution >= 0.6 is 11.8 Å². The van der Waals surface area contributed by atoms with Gasteiger partial charge in [0.25, 0.3) is 0 Å². The van der Waals surface area contributed by atoms with Crippen molar-refractivity contribution in [2.24, 2.45) is 0 Å². The molecular weight excluding hydrogens is 308 g/mol. The molecule has 0 fully saturated rings. The number of benzene rings is 1. The summed E-state index contributed by atoms with van der Waals surface area (Å²) < 4.78 is 24.0. The van der Waals surface area contributed by atoms with Crippen molar-refractivity contribution in [2.75, 3.05) is 4.72 Å². The Morgan fingerprint density at radius 3 is 2.81 bits per heavy atom. The van der Waals surface area contributed by atoms with Crippen molar-refractivity contribution in [2.45, 2.75) is 17.7 Å². The standard InChI is InChI=1S/C14H14N2O3S2/c1-10(17)11-5-6-13(16-21(18)19)12(8-11)9-20-14-4-2-3-7-15-14/h2-8,16H,9H2,1H3,(H,18,19)/p-1. The Balaban J connectivity index is 2.23. The number of nitrogens with one attached hydrogen (secondary N) is 1. The van der Waals surface area contributed by atoms with Crippen LogP contribution in [0.1, 0.15) is 22.8 Å². The van der Waals surface area contributed by atoms with Crippen LogP contribution in [0.15, 0.2) is 47.6 Å². The van der Waals surface area contributed by atoms with Crippen molar-refractivity contribution < 1.29 is 13.6 Å². The van der Waals surface area contributed by atoms with Gasteiger partial charge in [-0.25, -0.2) is 4.98 Å². The van der Waals surface area contributed by atoms with E-state index in [1.807, 2.05) is 18.2 Å². The lowest BCUT2D eigenvalue weighted by molar-refractivity contribution is 0.101. The number of aromatic nitrogens is 1. The van der Waals surface area contributed by atoms with E-state index in [-0.39, 0.29) is 5.78 Å². The van der Waals surface area contributed by atoms with Gasteiger partial charge in [0.2, 0.25) is 0 Å². The number of pyridine rings is 1. The molecule has 21 heavy (non-hydrogen) atoms. The fraction of sp³-hybridized carbons (Fsp3) is 0.143. The third-order valence-electron chi connectivity index (χ3n) is 2.72. The number of carbonyl (C=O) groups is 1. The summed E-state index contributed by atoms with van der Waals surface area (Å²) in [7, 11) is 0. The molecule has 1 unspecified atom stereocenters. The molecule has 0 bridgehead atoms. The Labute approximate surface area is 129 Å². The number of hydrogen-bond donors (Lipinski definition) is 1. The van der Waals surface area contributed by atoms with Gasteiger partial charge in [-0.3, -0.25) is 9.00 Å². The number of hydrogen-bond acceptors (Lipinski definition) is 5. The van der Waals surface area contributed by atoms with Crippen molar-refractivity contribution in [3.8, 4) is 0 Å². The van der Waals surface area contributed by atoms with Crippen molar-refractivity contribution in [1.82, 2.24) is 4.98 Å². The van der Waals surface area contributed by atoms with Crippen molar-refractivity contribution in [3.63, 3.8) is 0 Å². The molecule has 1 aromatic heterocycles. The molecule has 0 saturated carbocycles. The Bertz CT molecular complexity index is 663. The van der Waals surface area contributed by atoms with E-state index in [1.165, 1.54) is 18.7 Å². The van der Waals surface area contributed by atoms with E-state index in [9.17, 15) is 13.6 Å². The van der Waals surface area contributed by atoms with Crippen LogP contribution in [-0.4, -0.2) is 19.5 Å². The van der Waals surface area contributed by atoms with E-state index >= 15 is 0 Å². The minimum atomic E-state index is -2.40. The zero-order valence-corrected chi connectivity index (χ0v) is 12.9. The molecule has 0 amide bonds. The largest absolute Gasteiger partial charge is 0.755 e. The first-order valence-corrected chi connectivity index (χ1v) is 8.16. The van der Waals surface area contributed by atoms with Gasteiger partial charge in [-0.1, -0.05) is 6.07 Å². The van der Waals surface area contributed by atoms with Crippen molar-refractivity contribution in [3.05, 3.63) is 53.7 Å². The predicted molar refractivity (Wildman–Crippen MR) is 82.8 cm³/mol. The monoisotopic (exact) mass is 321 g/mol. The van der Waals surface area contributed by atoms with E-state index in [2.05, 4.69) is 9.71 Å². The van der Waals surface area contributed by atoms with E-state index in [0.717, 1.165) is 10.6 Å². The van der Waals surface area contributed by atoms with Gasteiger partial charge in [-0.05, 0) is 42.8 Å². The van der Waals surface area contributed by atoms with Crippen molar-refractivity contribution >= 4 is 34.5 Å². The highest BCUT2D eigenvalue weighted by molar-refractivity contribution is 7.98. The number of rotatable bonds is 6. The molecule has 1 aromatic carbocycles. The minimum Gasteiger partial charge on any atom is -0.755 e. The zero-order valence-electron chi connectivity index (χ0n) is 11.2. The normalized spacial score (nSPS) is 11.9. The Morgan fingerprint density at radius 2 is 2.19 bits per heavy atom. The molecule has 1 N–H and O–H groups in total. The van der Waals surface area contributed by atoms with Gasteiger partial charge in [-0.15, -0.1) is 11.8 Å². The molecular formula is C14H13N2O3S2-. The van der Waals surface area contributed by atoms with Gasteiger partial charge in [0.15, 0.2) is 5.78 Å². The minimum absolute atomic E-state index is 0.0612. The predicted octanol–water partition coefficient (Wildman–Crippen LogP) is 2.78. The van der Waals surface area contributed by atoms with E-state index < -0.39 is 11.3 Å². The lowest BCUT2D eigenvalue weighted by atomic mass is 10.1. The quantitative estimate of drug-likeness (QED) is 0.502. The molecule has 2 rings (SSSR count). The smallest absolute Gasteiger partial charge is 0.159 e. The molecule has 110 valence electrons. The highest BCUT2D eigenvalue weighted by Crippen LogP contribution is 2.26. The molecule has 0 saturated heterocycles. The van der Waals surface area contributed by atoms with Crippen LogP contribution in [0.25, 0.3) is 0 Å². The first-order valence-electron chi connectivity index (χ1n) is 6.10. The van der Waals surface area contributed by atoms with Gasteiger partial charge in [0.1, 0.15) is 0 Å². The van der Waals surface area contributed by atoms with Crippen molar-refractivity contribution in [1.29, 1.82) is 0 Å². The Hall–Kier alpha value is -1.70. The maximum Gasteiger partial charge on any atom is 0.159 e. The van der Waals surface area contributed by atoms with E-state index in [1.54, 1.807) is 24.4 Å². The molecule has 0 aliphatic rings. The Kier molecular flexibility index (Phi) is 5.49. The number of anilines is 1. The molecule has 0 aliphatic heterocycles. The summed E-state index contributed by atoms with van der Waals surface area (Å²) >= 11 is -0.930. The summed E-state index contributed by atoms with van der Waals surface area (Å²) in [6.45, 7) is 1.48. The number of ketones is 1. The van der Waals surface area contributed by atoms with E-state index in [4.69, 9.17) is 0 Å². The third kappa shape index (κ3) is 4.66. The van der Waals surface area contributed by atoms with Crippen LogP contribution in [0.5, 0.6) is 0 Å².